The van der Waals surface area contributed by atoms with E-state index in [1.165, 1.54) is 0 Å². The molecule has 1 aromatic rings. The molecule has 1 aliphatic heterocycles. The zero-order valence-electron chi connectivity index (χ0n) is 12.3. The molecule has 0 bridgehead atoms. The lowest BCUT2D eigenvalue weighted by atomic mass is 10.2. The van der Waals surface area contributed by atoms with Gasteiger partial charge in [-0.15, -0.1) is 0 Å². The molecule has 128 valence electrons. The van der Waals surface area contributed by atoms with Crippen molar-refractivity contribution < 1.29 is 26.7 Å². The Bertz CT molecular complexity index is 652. The lowest BCUT2D eigenvalue weighted by molar-refractivity contribution is 0.0818. The Kier molecular flexibility index (Phi) is 5.75. The van der Waals surface area contributed by atoms with Crippen molar-refractivity contribution in [1.82, 2.24) is 10.6 Å². The molecule has 6 nitrogen and oxygen atoms in total. The molecule has 2 rings (SSSR count). The highest BCUT2D eigenvalue weighted by molar-refractivity contribution is 7.91. The molecule has 1 fully saturated rings. The first-order valence-electron chi connectivity index (χ1n) is 7.09. The topological polar surface area (TPSA) is 84.5 Å². The number of ether oxygens (including phenoxy) is 1. The largest absolute Gasteiger partial charge is 0.488 e. The smallest absolute Gasteiger partial charge is 0.315 e. The Morgan fingerprint density at radius 3 is 2.83 bits per heavy atom. The highest BCUT2D eigenvalue weighted by atomic mass is 32.2. The summed E-state index contributed by atoms with van der Waals surface area (Å²) in [5, 5.41) is 5.20. The van der Waals surface area contributed by atoms with E-state index in [-0.39, 0.29) is 24.1 Å². The summed E-state index contributed by atoms with van der Waals surface area (Å²) in [4.78, 5) is 11.7. The van der Waals surface area contributed by atoms with E-state index >= 15 is 0 Å². The fraction of sp³-hybridized carbons (Fsp3) is 0.500. The van der Waals surface area contributed by atoms with E-state index in [4.69, 9.17) is 4.74 Å². The summed E-state index contributed by atoms with van der Waals surface area (Å²) in [6.45, 7) is -0.509. The number of benzene rings is 1. The van der Waals surface area contributed by atoms with Crippen LogP contribution in [0.25, 0.3) is 0 Å². The molecule has 1 atom stereocenters. The average molecular weight is 348 g/mol. The number of urea groups is 1. The SMILES string of the molecule is O=C(NCc1cccc(OCC(F)F)c1)NC1CCS(=O)(=O)C1. The van der Waals surface area contributed by atoms with Crippen LogP contribution < -0.4 is 15.4 Å². The van der Waals surface area contributed by atoms with Crippen LogP contribution in [0.3, 0.4) is 0 Å². The Balaban J connectivity index is 1.79. The molecule has 0 spiro atoms. The number of amides is 2. The van der Waals surface area contributed by atoms with Gasteiger partial charge in [0, 0.05) is 12.6 Å². The maximum Gasteiger partial charge on any atom is 0.315 e. The second kappa shape index (κ2) is 7.58. The van der Waals surface area contributed by atoms with Crippen LogP contribution in [-0.2, 0) is 16.4 Å². The van der Waals surface area contributed by atoms with Crippen LogP contribution in [0, 0.1) is 0 Å². The number of carbonyl (C=O) groups is 1. The van der Waals surface area contributed by atoms with Crippen LogP contribution in [0.1, 0.15) is 12.0 Å². The van der Waals surface area contributed by atoms with Crippen LogP contribution in [0.5, 0.6) is 5.75 Å². The summed E-state index contributed by atoms with van der Waals surface area (Å²) in [7, 11) is -3.05. The molecular formula is C14H18F2N2O4S. The van der Waals surface area contributed by atoms with Gasteiger partial charge >= 0.3 is 6.03 Å². The molecule has 1 aliphatic rings. The van der Waals surface area contributed by atoms with Gasteiger partial charge in [0.1, 0.15) is 12.4 Å². The van der Waals surface area contributed by atoms with Gasteiger partial charge in [0.05, 0.1) is 11.5 Å². The van der Waals surface area contributed by atoms with Crippen molar-refractivity contribution in [3.63, 3.8) is 0 Å². The fourth-order valence-corrected chi connectivity index (χ4v) is 3.91. The standard InChI is InChI=1S/C14H18F2N2O4S/c15-13(16)8-22-12-3-1-2-10(6-12)7-17-14(19)18-11-4-5-23(20,21)9-11/h1-3,6,11,13H,4-5,7-9H2,(H2,17,18,19). The quantitative estimate of drug-likeness (QED) is 0.812. The Morgan fingerprint density at radius 2 is 2.17 bits per heavy atom. The average Bonchev–Trinajstić information content (AvgIpc) is 2.82. The van der Waals surface area contributed by atoms with Gasteiger partial charge in [-0.3, -0.25) is 0 Å². The van der Waals surface area contributed by atoms with E-state index in [0.717, 1.165) is 0 Å². The van der Waals surface area contributed by atoms with E-state index in [9.17, 15) is 22.0 Å². The van der Waals surface area contributed by atoms with Gasteiger partial charge in [-0.1, -0.05) is 12.1 Å². The van der Waals surface area contributed by atoms with Crippen molar-refractivity contribution in [1.29, 1.82) is 0 Å². The molecule has 1 heterocycles. The van der Waals surface area contributed by atoms with Gasteiger partial charge in [-0.2, -0.15) is 0 Å². The molecule has 0 aromatic heterocycles. The summed E-state index contributed by atoms with van der Waals surface area (Å²) >= 11 is 0. The maximum absolute atomic E-state index is 12.1. The minimum absolute atomic E-state index is 0.0443. The van der Waals surface area contributed by atoms with Gasteiger partial charge in [0.2, 0.25) is 0 Å². The molecule has 9 heteroatoms. The highest BCUT2D eigenvalue weighted by Crippen LogP contribution is 2.14. The van der Waals surface area contributed by atoms with Crippen LogP contribution in [-0.4, -0.2) is 45.0 Å². The Hall–Kier alpha value is -1.90. The van der Waals surface area contributed by atoms with E-state index < -0.39 is 28.9 Å². The molecule has 0 radical (unpaired) electrons. The number of hydrogen-bond acceptors (Lipinski definition) is 4. The van der Waals surface area contributed by atoms with E-state index in [1.54, 1.807) is 24.3 Å². The third-order valence-corrected chi connectivity index (χ3v) is 5.06. The van der Waals surface area contributed by atoms with E-state index in [0.29, 0.717) is 17.7 Å². The molecule has 2 amide bonds. The zero-order chi connectivity index (χ0) is 16.9. The van der Waals surface area contributed by atoms with Crippen LogP contribution >= 0.6 is 0 Å². The number of carbonyl (C=O) groups excluding carboxylic acids is 1. The zero-order valence-corrected chi connectivity index (χ0v) is 13.1. The van der Waals surface area contributed by atoms with E-state index in [1.807, 2.05) is 0 Å². The van der Waals surface area contributed by atoms with Crippen molar-refractivity contribution >= 4 is 15.9 Å². The van der Waals surface area contributed by atoms with Gasteiger partial charge in [0.15, 0.2) is 9.84 Å². The van der Waals surface area contributed by atoms with Crippen molar-refractivity contribution in [2.75, 3.05) is 18.1 Å². The monoisotopic (exact) mass is 348 g/mol. The molecule has 1 saturated heterocycles. The highest BCUT2D eigenvalue weighted by Gasteiger charge is 2.28. The van der Waals surface area contributed by atoms with Crippen molar-refractivity contribution in [3.05, 3.63) is 29.8 Å². The first-order chi connectivity index (χ1) is 10.8. The lowest BCUT2D eigenvalue weighted by Crippen LogP contribution is -2.42. The number of alkyl halides is 2. The third kappa shape index (κ3) is 6.01. The molecular weight excluding hydrogens is 330 g/mol. The predicted molar refractivity (Wildman–Crippen MR) is 80.4 cm³/mol. The van der Waals surface area contributed by atoms with Gasteiger partial charge in [-0.05, 0) is 24.1 Å². The summed E-state index contributed by atoms with van der Waals surface area (Å²) in [5.74, 6) is 0.339. The van der Waals surface area contributed by atoms with Gasteiger partial charge in [-0.25, -0.2) is 22.0 Å². The summed E-state index contributed by atoms with van der Waals surface area (Å²) in [5.41, 5.74) is 0.686. The van der Waals surface area contributed by atoms with Crippen LogP contribution in [0.4, 0.5) is 13.6 Å². The predicted octanol–water partition coefficient (Wildman–Crippen LogP) is 1.32. The van der Waals surface area contributed by atoms with Gasteiger partial charge < -0.3 is 15.4 Å². The fourth-order valence-electron chi connectivity index (χ4n) is 2.23. The number of nitrogens with one attached hydrogen (secondary N) is 2. The van der Waals surface area contributed by atoms with Gasteiger partial charge in [0.25, 0.3) is 6.43 Å². The van der Waals surface area contributed by atoms with Crippen molar-refractivity contribution in [2.45, 2.75) is 25.4 Å². The minimum atomic E-state index is -3.05. The van der Waals surface area contributed by atoms with E-state index in [2.05, 4.69) is 10.6 Å². The second-order valence-corrected chi connectivity index (χ2v) is 7.51. The van der Waals surface area contributed by atoms with Crippen molar-refractivity contribution in [3.8, 4) is 5.75 Å². The third-order valence-electron chi connectivity index (χ3n) is 3.30. The van der Waals surface area contributed by atoms with Crippen molar-refractivity contribution in [2.24, 2.45) is 0 Å². The number of halogens is 2. The number of sulfone groups is 1. The molecule has 23 heavy (non-hydrogen) atoms. The molecule has 0 aliphatic carbocycles. The number of hydrogen-bond donors (Lipinski definition) is 2. The molecule has 1 aromatic carbocycles. The first kappa shape index (κ1) is 17.5. The Morgan fingerprint density at radius 1 is 1.39 bits per heavy atom. The minimum Gasteiger partial charge on any atom is -0.488 e. The Labute approximate surface area is 133 Å². The van der Waals surface area contributed by atoms with Crippen LogP contribution in [0.15, 0.2) is 24.3 Å². The molecule has 0 saturated carbocycles. The first-order valence-corrected chi connectivity index (χ1v) is 8.91. The number of rotatable bonds is 6. The summed E-state index contributed by atoms with van der Waals surface area (Å²) in [6.07, 6.45) is -2.14. The maximum atomic E-state index is 12.1. The molecule has 2 N–H and O–H groups in total. The lowest BCUT2D eigenvalue weighted by Gasteiger charge is -2.12. The van der Waals surface area contributed by atoms with Crippen LogP contribution in [0.2, 0.25) is 0 Å². The second-order valence-electron chi connectivity index (χ2n) is 5.28. The normalized spacial score (nSPS) is 19.5. The summed E-state index contributed by atoms with van der Waals surface area (Å²) < 4.78 is 51.7. The molecule has 1 unspecified atom stereocenters. The summed E-state index contributed by atoms with van der Waals surface area (Å²) in [6, 6.07) is 5.62.